The number of nitrogens with zero attached hydrogens (tertiary/aromatic N) is 2. The summed E-state index contributed by atoms with van der Waals surface area (Å²) in [7, 11) is 0. The lowest BCUT2D eigenvalue weighted by Crippen LogP contribution is -2.38. The van der Waals surface area contributed by atoms with Crippen LogP contribution in [0.25, 0.3) is 10.8 Å². The largest absolute Gasteiger partial charge is 0.488 e. The molecule has 3 aromatic rings. The van der Waals surface area contributed by atoms with Crippen molar-refractivity contribution in [2.75, 3.05) is 0 Å². The lowest BCUT2D eigenvalue weighted by molar-refractivity contribution is -0.140. The van der Waals surface area contributed by atoms with Crippen molar-refractivity contribution in [1.82, 2.24) is 5.01 Å². The molecule has 164 valence electrons. The molecule has 5 nitrogen and oxygen atoms in total. The summed E-state index contributed by atoms with van der Waals surface area (Å²) in [6.07, 6.45) is 7.75. The average molecular weight is 437 g/mol. The molecule has 33 heavy (non-hydrogen) atoms. The summed E-state index contributed by atoms with van der Waals surface area (Å²) in [5, 5.41) is 7.76. The van der Waals surface area contributed by atoms with Gasteiger partial charge < -0.3 is 4.74 Å². The van der Waals surface area contributed by atoms with Gasteiger partial charge in [0.1, 0.15) is 12.4 Å². The second-order valence-corrected chi connectivity index (χ2v) is 9.04. The molecule has 1 saturated heterocycles. The monoisotopic (exact) mass is 436 g/mol. The van der Waals surface area contributed by atoms with Gasteiger partial charge in [-0.3, -0.25) is 9.59 Å². The van der Waals surface area contributed by atoms with Gasteiger partial charge in [0, 0.05) is 5.56 Å². The molecular weight excluding hydrogens is 412 g/mol. The Morgan fingerprint density at radius 2 is 1.52 bits per heavy atom. The summed E-state index contributed by atoms with van der Waals surface area (Å²) >= 11 is 0. The summed E-state index contributed by atoms with van der Waals surface area (Å²) < 4.78 is 6.15. The Morgan fingerprint density at radius 3 is 2.27 bits per heavy atom. The number of carbonyl (C=O) groups excluding carboxylic acids is 2. The maximum Gasteiger partial charge on any atom is 0.254 e. The first-order valence-electron chi connectivity index (χ1n) is 11.5. The van der Waals surface area contributed by atoms with Crippen molar-refractivity contribution >= 4 is 28.8 Å². The Labute approximate surface area is 192 Å². The van der Waals surface area contributed by atoms with Crippen LogP contribution in [-0.2, 0) is 16.2 Å². The highest BCUT2D eigenvalue weighted by Gasteiger charge is 2.56. The van der Waals surface area contributed by atoms with Crippen LogP contribution < -0.4 is 4.74 Å². The van der Waals surface area contributed by atoms with E-state index in [9.17, 15) is 9.59 Å². The second kappa shape index (κ2) is 8.00. The van der Waals surface area contributed by atoms with E-state index >= 15 is 0 Å². The van der Waals surface area contributed by atoms with Gasteiger partial charge in [-0.1, -0.05) is 66.7 Å². The van der Waals surface area contributed by atoms with E-state index in [4.69, 9.17) is 4.74 Å². The zero-order valence-electron chi connectivity index (χ0n) is 18.1. The van der Waals surface area contributed by atoms with Gasteiger partial charge in [0.05, 0.1) is 18.1 Å². The lowest BCUT2D eigenvalue weighted by Gasteiger charge is -2.37. The Hall–Kier alpha value is -3.73. The summed E-state index contributed by atoms with van der Waals surface area (Å²) in [6, 6.07) is 22.0. The second-order valence-electron chi connectivity index (χ2n) is 9.04. The number of fused-ring (bicyclic) bond motifs is 2. The van der Waals surface area contributed by atoms with E-state index in [2.05, 4.69) is 41.5 Å². The Morgan fingerprint density at radius 1 is 0.848 bits per heavy atom. The minimum Gasteiger partial charge on any atom is -0.488 e. The molecule has 0 N–H and O–H groups in total. The first kappa shape index (κ1) is 19.9. The zero-order chi connectivity index (χ0) is 22.4. The van der Waals surface area contributed by atoms with Crippen molar-refractivity contribution < 1.29 is 14.3 Å². The molecule has 2 amide bonds. The summed E-state index contributed by atoms with van der Waals surface area (Å²) in [5.41, 5.74) is 1.83. The number of carbonyl (C=O) groups is 2. The van der Waals surface area contributed by atoms with Gasteiger partial charge in [0.2, 0.25) is 0 Å². The predicted octanol–water partition coefficient (Wildman–Crippen LogP) is 4.95. The molecule has 0 radical (unpaired) electrons. The van der Waals surface area contributed by atoms with Crippen LogP contribution in [0.3, 0.4) is 0 Å². The maximum atomic E-state index is 13.0. The quantitative estimate of drug-likeness (QED) is 0.323. The minimum absolute atomic E-state index is 0.160. The molecule has 0 aromatic heterocycles. The fraction of sp³-hybridized carbons (Fsp3) is 0.250. The molecule has 0 unspecified atom stereocenters. The Balaban J connectivity index is 1.23. The molecule has 1 heterocycles. The third-order valence-electron chi connectivity index (χ3n) is 7.23. The number of allylic oxidation sites excluding steroid dienone is 2. The normalized spacial score (nSPS) is 25.9. The Bertz CT molecular complexity index is 1270. The lowest BCUT2D eigenvalue weighted by atomic mass is 9.63. The number of hydrogen-bond acceptors (Lipinski definition) is 4. The highest BCUT2D eigenvalue weighted by atomic mass is 16.5. The number of imide groups is 1. The van der Waals surface area contributed by atoms with Crippen LogP contribution in [0.4, 0.5) is 0 Å². The van der Waals surface area contributed by atoms with E-state index in [1.165, 1.54) is 5.39 Å². The van der Waals surface area contributed by atoms with Crippen molar-refractivity contribution in [3.63, 3.8) is 0 Å². The average Bonchev–Trinajstić information content (AvgIpc) is 3.14. The van der Waals surface area contributed by atoms with Gasteiger partial charge in [-0.05, 0) is 53.1 Å². The SMILES string of the molecule is O=C1[C@H]2[C@H](C(=O)N1/N=C\c1ccccc1OCc1cccc3ccccc13)[C@H]1C=C[C@H]2CC1. The molecule has 7 rings (SSSR count). The van der Waals surface area contributed by atoms with Gasteiger partial charge in [0.25, 0.3) is 11.8 Å². The summed E-state index contributed by atoms with van der Waals surface area (Å²) in [5.74, 6) is 0.129. The zero-order valence-corrected chi connectivity index (χ0v) is 18.1. The molecule has 5 heteroatoms. The predicted molar refractivity (Wildman–Crippen MR) is 127 cm³/mol. The number of hydrazone groups is 1. The third-order valence-corrected chi connectivity index (χ3v) is 7.23. The topological polar surface area (TPSA) is 59.0 Å². The first-order valence-corrected chi connectivity index (χ1v) is 11.5. The number of hydrogen-bond donors (Lipinski definition) is 0. The van der Waals surface area contributed by atoms with E-state index in [1.54, 1.807) is 6.21 Å². The number of amides is 2. The molecule has 4 atom stereocenters. The number of ether oxygens (including phenoxy) is 1. The smallest absolute Gasteiger partial charge is 0.254 e. The van der Waals surface area contributed by atoms with Gasteiger partial charge in [0.15, 0.2) is 0 Å². The van der Waals surface area contributed by atoms with E-state index < -0.39 is 0 Å². The molecule has 0 spiro atoms. The third kappa shape index (κ3) is 3.35. The molecule has 2 fully saturated rings. The molecule has 3 aliphatic carbocycles. The van der Waals surface area contributed by atoms with Crippen molar-refractivity contribution in [2.45, 2.75) is 19.4 Å². The number of rotatable bonds is 5. The fourth-order valence-electron chi connectivity index (χ4n) is 5.58. The molecular formula is C28H24N2O3. The minimum atomic E-state index is -0.253. The number of benzene rings is 3. The van der Waals surface area contributed by atoms with Crippen molar-refractivity contribution in [3.8, 4) is 5.75 Å². The van der Waals surface area contributed by atoms with E-state index in [0.29, 0.717) is 12.4 Å². The maximum absolute atomic E-state index is 13.0. The van der Waals surface area contributed by atoms with Gasteiger partial charge in [-0.25, -0.2) is 0 Å². The Kier molecular flexibility index (Phi) is 4.83. The van der Waals surface area contributed by atoms with Crippen LogP contribution in [0.5, 0.6) is 5.75 Å². The molecule has 1 aliphatic heterocycles. The van der Waals surface area contributed by atoms with Crippen molar-refractivity contribution in [2.24, 2.45) is 28.8 Å². The van der Waals surface area contributed by atoms with Crippen LogP contribution in [0.1, 0.15) is 24.0 Å². The van der Waals surface area contributed by atoms with E-state index in [0.717, 1.165) is 34.4 Å². The van der Waals surface area contributed by atoms with Crippen LogP contribution in [0.15, 0.2) is 84.0 Å². The summed E-state index contributed by atoms with van der Waals surface area (Å²) in [6.45, 7) is 0.410. The van der Waals surface area contributed by atoms with Crippen LogP contribution in [-0.4, -0.2) is 23.0 Å². The van der Waals surface area contributed by atoms with E-state index in [-0.39, 0.29) is 35.5 Å². The van der Waals surface area contributed by atoms with Gasteiger partial charge in [-0.2, -0.15) is 10.1 Å². The summed E-state index contributed by atoms with van der Waals surface area (Å²) in [4.78, 5) is 26.0. The number of para-hydroxylation sites is 1. The highest BCUT2D eigenvalue weighted by molar-refractivity contribution is 6.06. The van der Waals surface area contributed by atoms with Gasteiger partial charge >= 0.3 is 0 Å². The van der Waals surface area contributed by atoms with Gasteiger partial charge in [-0.15, -0.1) is 0 Å². The van der Waals surface area contributed by atoms with Crippen LogP contribution in [0, 0.1) is 23.7 Å². The van der Waals surface area contributed by atoms with Crippen molar-refractivity contribution in [1.29, 1.82) is 0 Å². The fourth-order valence-corrected chi connectivity index (χ4v) is 5.58. The molecule has 2 bridgehead atoms. The van der Waals surface area contributed by atoms with Crippen molar-refractivity contribution in [3.05, 3.63) is 90.0 Å². The first-order chi connectivity index (χ1) is 16.2. The standard InChI is InChI=1S/C28H24N2O3/c31-27-25-19-12-13-20(15-14-19)26(25)28(32)30(27)29-16-21-7-2-4-11-24(21)33-17-22-9-5-8-18-6-1-3-10-23(18)22/h1-13,16,19-20,25-26H,14-15,17H2/b29-16-/t19-,20-,25+,26+/m0/s1. The highest BCUT2D eigenvalue weighted by Crippen LogP contribution is 2.49. The van der Waals surface area contributed by atoms with Crippen LogP contribution >= 0.6 is 0 Å². The van der Waals surface area contributed by atoms with E-state index in [1.807, 2.05) is 42.5 Å². The molecule has 1 saturated carbocycles. The van der Waals surface area contributed by atoms with Crippen LogP contribution in [0.2, 0.25) is 0 Å². The molecule has 3 aromatic carbocycles. The molecule has 4 aliphatic rings.